The zero-order chi connectivity index (χ0) is 19.2. The smallest absolute Gasteiger partial charge is 0.251 e. The van der Waals surface area contributed by atoms with Crippen molar-refractivity contribution in [2.45, 2.75) is 20.8 Å². The standard InChI is InChI=1S/C20H22N4O2/c1-20(2,3)19(26)24-11-10-23-18(25)15-7-4-6-14(12-15)17-16(13-21)8-5-9-22-17/h4-9,12H,10-11H2,1-3H3,(H,23,25)(H,24,26). The highest BCUT2D eigenvalue weighted by Crippen LogP contribution is 2.21. The van der Waals surface area contributed by atoms with Crippen LogP contribution in [0.2, 0.25) is 0 Å². The summed E-state index contributed by atoms with van der Waals surface area (Å²) in [6.45, 7) is 6.19. The Morgan fingerprint density at radius 1 is 1.12 bits per heavy atom. The van der Waals surface area contributed by atoms with Crippen LogP contribution in [0.3, 0.4) is 0 Å². The van der Waals surface area contributed by atoms with Crippen molar-refractivity contribution >= 4 is 11.8 Å². The first-order valence-electron chi connectivity index (χ1n) is 8.35. The third kappa shape index (κ3) is 4.90. The predicted molar refractivity (Wildman–Crippen MR) is 99.2 cm³/mol. The highest BCUT2D eigenvalue weighted by atomic mass is 16.2. The molecule has 0 saturated carbocycles. The second-order valence-corrected chi connectivity index (χ2v) is 6.85. The first kappa shape index (κ1) is 19.1. The van der Waals surface area contributed by atoms with Crippen LogP contribution in [-0.4, -0.2) is 29.9 Å². The average Bonchev–Trinajstić information content (AvgIpc) is 2.64. The van der Waals surface area contributed by atoms with Crippen molar-refractivity contribution in [3.8, 4) is 17.3 Å². The molecule has 2 aromatic rings. The number of pyridine rings is 1. The number of carbonyl (C=O) groups excluding carboxylic acids is 2. The normalized spacial score (nSPS) is 10.7. The minimum atomic E-state index is -0.459. The van der Waals surface area contributed by atoms with Gasteiger partial charge in [-0.2, -0.15) is 5.26 Å². The van der Waals surface area contributed by atoms with Gasteiger partial charge in [-0.05, 0) is 24.3 Å². The molecule has 0 saturated heterocycles. The number of nitriles is 1. The average molecular weight is 350 g/mol. The summed E-state index contributed by atoms with van der Waals surface area (Å²) >= 11 is 0. The Morgan fingerprint density at radius 3 is 2.54 bits per heavy atom. The molecular weight excluding hydrogens is 328 g/mol. The number of amides is 2. The number of carbonyl (C=O) groups is 2. The van der Waals surface area contributed by atoms with Crippen molar-refractivity contribution in [2.75, 3.05) is 13.1 Å². The maximum Gasteiger partial charge on any atom is 0.251 e. The highest BCUT2D eigenvalue weighted by Gasteiger charge is 2.20. The molecule has 6 heteroatoms. The van der Waals surface area contributed by atoms with Crippen LogP contribution in [0.25, 0.3) is 11.3 Å². The van der Waals surface area contributed by atoms with Crippen molar-refractivity contribution in [2.24, 2.45) is 5.41 Å². The number of aromatic nitrogens is 1. The maximum atomic E-state index is 12.3. The summed E-state index contributed by atoms with van der Waals surface area (Å²) in [4.78, 5) is 28.3. The molecule has 0 atom stereocenters. The Morgan fingerprint density at radius 2 is 1.85 bits per heavy atom. The SMILES string of the molecule is CC(C)(C)C(=O)NCCNC(=O)c1cccc(-c2ncccc2C#N)c1. The van der Waals surface area contributed by atoms with Gasteiger partial charge in [-0.15, -0.1) is 0 Å². The van der Waals surface area contributed by atoms with Gasteiger partial charge in [0.25, 0.3) is 5.91 Å². The minimum Gasteiger partial charge on any atom is -0.354 e. The summed E-state index contributed by atoms with van der Waals surface area (Å²) in [5, 5.41) is 14.8. The van der Waals surface area contributed by atoms with E-state index in [0.29, 0.717) is 35.5 Å². The van der Waals surface area contributed by atoms with E-state index in [1.54, 1.807) is 36.5 Å². The summed E-state index contributed by atoms with van der Waals surface area (Å²) in [5.74, 6) is -0.306. The zero-order valence-electron chi connectivity index (χ0n) is 15.2. The maximum absolute atomic E-state index is 12.3. The van der Waals surface area contributed by atoms with Crippen LogP contribution >= 0.6 is 0 Å². The number of nitrogens with zero attached hydrogens (tertiary/aromatic N) is 2. The van der Waals surface area contributed by atoms with E-state index in [1.165, 1.54) is 0 Å². The molecule has 1 aromatic heterocycles. The molecule has 0 aliphatic carbocycles. The number of nitrogens with one attached hydrogen (secondary N) is 2. The van der Waals surface area contributed by atoms with Gasteiger partial charge in [-0.3, -0.25) is 14.6 Å². The molecule has 26 heavy (non-hydrogen) atoms. The zero-order valence-corrected chi connectivity index (χ0v) is 15.2. The van der Waals surface area contributed by atoms with Gasteiger partial charge in [0.15, 0.2) is 0 Å². The Balaban J connectivity index is 2.01. The molecule has 0 bridgehead atoms. The van der Waals surface area contributed by atoms with E-state index in [4.69, 9.17) is 0 Å². The molecule has 0 radical (unpaired) electrons. The monoisotopic (exact) mass is 350 g/mol. The topological polar surface area (TPSA) is 94.9 Å². The van der Waals surface area contributed by atoms with Crippen molar-refractivity contribution in [3.05, 3.63) is 53.7 Å². The molecule has 2 rings (SSSR count). The Bertz CT molecular complexity index is 847. The molecular formula is C20H22N4O2. The summed E-state index contributed by atoms with van der Waals surface area (Å²) in [6, 6.07) is 12.4. The van der Waals surface area contributed by atoms with E-state index in [9.17, 15) is 14.9 Å². The largest absolute Gasteiger partial charge is 0.354 e. The summed E-state index contributed by atoms with van der Waals surface area (Å²) in [6.07, 6.45) is 1.61. The third-order valence-corrected chi connectivity index (χ3v) is 3.70. The van der Waals surface area contributed by atoms with Gasteiger partial charge in [0.2, 0.25) is 5.91 Å². The van der Waals surface area contributed by atoms with E-state index in [1.807, 2.05) is 26.8 Å². The lowest BCUT2D eigenvalue weighted by molar-refractivity contribution is -0.128. The van der Waals surface area contributed by atoms with Gasteiger partial charge in [-0.25, -0.2) is 0 Å². The van der Waals surface area contributed by atoms with Crippen molar-refractivity contribution in [1.82, 2.24) is 15.6 Å². The number of benzene rings is 1. The summed E-state index contributed by atoms with van der Waals surface area (Å²) in [7, 11) is 0. The van der Waals surface area contributed by atoms with Crippen LogP contribution in [0, 0.1) is 16.7 Å². The van der Waals surface area contributed by atoms with Crippen LogP contribution < -0.4 is 10.6 Å². The molecule has 134 valence electrons. The molecule has 1 aromatic carbocycles. The molecule has 2 N–H and O–H groups in total. The molecule has 1 heterocycles. The third-order valence-electron chi connectivity index (χ3n) is 3.70. The van der Waals surface area contributed by atoms with E-state index in [0.717, 1.165) is 0 Å². The molecule has 0 fully saturated rings. The Hall–Kier alpha value is -3.20. The van der Waals surface area contributed by atoms with Gasteiger partial charge in [-0.1, -0.05) is 32.9 Å². The molecule has 0 unspecified atom stereocenters. The van der Waals surface area contributed by atoms with Crippen LogP contribution in [-0.2, 0) is 4.79 Å². The fraction of sp³-hybridized carbons (Fsp3) is 0.300. The minimum absolute atomic E-state index is 0.0621. The molecule has 0 aliphatic heterocycles. The fourth-order valence-electron chi connectivity index (χ4n) is 2.25. The summed E-state index contributed by atoms with van der Waals surface area (Å²) < 4.78 is 0. The number of hydrogen-bond donors (Lipinski definition) is 2. The van der Waals surface area contributed by atoms with Crippen LogP contribution in [0.1, 0.15) is 36.7 Å². The number of hydrogen-bond acceptors (Lipinski definition) is 4. The lowest BCUT2D eigenvalue weighted by atomic mass is 9.96. The van der Waals surface area contributed by atoms with Gasteiger partial charge >= 0.3 is 0 Å². The van der Waals surface area contributed by atoms with Gasteiger partial charge in [0.05, 0.1) is 11.3 Å². The molecule has 6 nitrogen and oxygen atoms in total. The van der Waals surface area contributed by atoms with E-state index < -0.39 is 5.41 Å². The highest BCUT2D eigenvalue weighted by molar-refractivity contribution is 5.95. The van der Waals surface area contributed by atoms with Crippen LogP contribution in [0.5, 0.6) is 0 Å². The quantitative estimate of drug-likeness (QED) is 0.810. The first-order chi connectivity index (χ1) is 12.3. The van der Waals surface area contributed by atoms with Crippen molar-refractivity contribution in [3.63, 3.8) is 0 Å². The van der Waals surface area contributed by atoms with Gasteiger partial charge < -0.3 is 10.6 Å². The lowest BCUT2D eigenvalue weighted by Crippen LogP contribution is -2.39. The summed E-state index contributed by atoms with van der Waals surface area (Å²) in [5.41, 5.74) is 1.71. The molecule has 0 aliphatic rings. The fourth-order valence-corrected chi connectivity index (χ4v) is 2.25. The lowest BCUT2D eigenvalue weighted by Gasteiger charge is -2.17. The van der Waals surface area contributed by atoms with Gasteiger partial charge in [0.1, 0.15) is 6.07 Å². The van der Waals surface area contributed by atoms with Crippen LogP contribution in [0.4, 0.5) is 0 Å². The molecule has 0 spiro atoms. The van der Waals surface area contributed by atoms with E-state index in [-0.39, 0.29) is 11.8 Å². The Labute approximate surface area is 153 Å². The first-order valence-corrected chi connectivity index (χ1v) is 8.35. The van der Waals surface area contributed by atoms with Gasteiger partial charge in [0, 0.05) is 35.8 Å². The number of rotatable bonds is 5. The van der Waals surface area contributed by atoms with E-state index >= 15 is 0 Å². The second-order valence-electron chi connectivity index (χ2n) is 6.85. The van der Waals surface area contributed by atoms with Crippen molar-refractivity contribution in [1.29, 1.82) is 5.26 Å². The van der Waals surface area contributed by atoms with E-state index in [2.05, 4.69) is 21.7 Å². The Kier molecular flexibility index (Phi) is 6.07. The van der Waals surface area contributed by atoms with Crippen molar-refractivity contribution < 1.29 is 9.59 Å². The molecule has 2 amide bonds. The second kappa shape index (κ2) is 8.26. The van der Waals surface area contributed by atoms with Crippen LogP contribution in [0.15, 0.2) is 42.6 Å². The predicted octanol–water partition coefficient (Wildman–Crippen LogP) is 2.51.